The maximum atomic E-state index is 4.21. The summed E-state index contributed by atoms with van der Waals surface area (Å²) in [5, 5.41) is 0. The molecule has 0 spiro atoms. The SMILES string of the molecule is CCN1CN(C)c2ncncc21. The zero-order valence-electron chi connectivity index (χ0n) is 7.36. The number of hydrogen-bond acceptors (Lipinski definition) is 4. The normalized spacial score (nSPS) is 15.2. The van der Waals surface area contributed by atoms with Crippen LogP contribution in [0.2, 0.25) is 0 Å². The van der Waals surface area contributed by atoms with Crippen LogP contribution in [-0.2, 0) is 0 Å². The molecule has 0 fully saturated rings. The second-order valence-electron chi connectivity index (χ2n) is 2.93. The van der Waals surface area contributed by atoms with Crippen molar-refractivity contribution in [1.82, 2.24) is 9.97 Å². The summed E-state index contributed by atoms with van der Waals surface area (Å²) in [5.41, 5.74) is 1.14. The van der Waals surface area contributed by atoms with Crippen molar-refractivity contribution in [2.24, 2.45) is 0 Å². The highest BCUT2D eigenvalue weighted by Gasteiger charge is 2.22. The summed E-state index contributed by atoms with van der Waals surface area (Å²) >= 11 is 0. The van der Waals surface area contributed by atoms with Gasteiger partial charge in [-0.1, -0.05) is 0 Å². The van der Waals surface area contributed by atoms with Gasteiger partial charge < -0.3 is 9.80 Å². The molecule has 4 nitrogen and oxygen atoms in total. The van der Waals surface area contributed by atoms with Crippen LogP contribution < -0.4 is 9.80 Å². The minimum Gasteiger partial charge on any atom is -0.350 e. The Balaban J connectivity index is 2.43. The van der Waals surface area contributed by atoms with Gasteiger partial charge in [-0.05, 0) is 6.92 Å². The van der Waals surface area contributed by atoms with Crippen molar-refractivity contribution in [3.05, 3.63) is 12.5 Å². The van der Waals surface area contributed by atoms with Crippen molar-refractivity contribution >= 4 is 11.5 Å². The molecule has 1 aliphatic heterocycles. The summed E-state index contributed by atoms with van der Waals surface area (Å²) in [5.74, 6) is 1.03. The lowest BCUT2D eigenvalue weighted by molar-refractivity contribution is 0.841. The number of aromatic nitrogens is 2. The lowest BCUT2D eigenvalue weighted by atomic mass is 10.4. The summed E-state index contributed by atoms with van der Waals surface area (Å²) in [6, 6.07) is 0. The van der Waals surface area contributed by atoms with E-state index in [1.54, 1.807) is 6.33 Å². The van der Waals surface area contributed by atoms with E-state index in [0.29, 0.717) is 0 Å². The molecule has 1 aromatic heterocycles. The first-order chi connectivity index (χ1) is 5.83. The Morgan fingerprint density at radius 3 is 3.17 bits per heavy atom. The van der Waals surface area contributed by atoms with E-state index in [2.05, 4.69) is 26.7 Å². The summed E-state index contributed by atoms with van der Waals surface area (Å²) in [7, 11) is 2.04. The summed E-state index contributed by atoms with van der Waals surface area (Å²) < 4.78 is 0. The van der Waals surface area contributed by atoms with Crippen LogP contribution in [0.4, 0.5) is 11.5 Å². The Labute approximate surface area is 71.8 Å². The van der Waals surface area contributed by atoms with Crippen LogP contribution in [0.3, 0.4) is 0 Å². The molecule has 0 atom stereocenters. The lowest BCUT2D eigenvalue weighted by Gasteiger charge is -2.15. The second-order valence-corrected chi connectivity index (χ2v) is 2.93. The molecule has 2 heterocycles. The molecule has 0 saturated heterocycles. The molecule has 0 aromatic carbocycles. The molecule has 0 N–H and O–H groups in total. The molecule has 0 radical (unpaired) electrons. The number of hydrogen-bond donors (Lipinski definition) is 0. The van der Waals surface area contributed by atoms with Gasteiger partial charge in [-0.3, -0.25) is 0 Å². The largest absolute Gasteiger partial charge is 0.350 e. The lowest BCUT2D eigenvalue weighted by Crippen LogP contribution is -2.27. The highest BCUT2D eigenvalue weighted by atomic mass is 15.4. The van der Waals surface area contributed by atoms with Gasteiger partial charge in [-0.15, -0.1) is 0 Å². The quantitative estimate of drug-likeness (QED) is 0.612. The zero-order valence-corrected chi connectivity index (χ0v) is 7.36. The standard InChI is InChI=1S/C8H12N4/c1-3-12-6-11(2)8-7(12)4-9-5-10-8/h4-5H,3,6H2,1-2H3. The van der Waals surface area contributed by atoms with E-state index in [4.69, 9.17) is 0 Å². The predicted octanol–water partition coefficient (Wildman–Crippen LogP) is 0.710. The van der Waals surface area contributed by atoms with E-state index in [-0.39, 0.29) is 0 Å². The fourth-order valence-corrected chi connectivity index (χ4v) is 1.50. The molecule has 1 aromatic rings. The third-order valence-corrected chi connectivity index (χ3v) is 2.14. The summed E-state index contributed by atoms with van der Waals surface area (Å²) in [6.07, 6.45) is 3.46. The van der Waals surface area contributed by atoms with Gasteiger partial charge in [0.05, 0.1) is 12.9 Å². The third kappa shape index (κ3) is 0.913. The molecule has 0 aliphatic carbocycles. The van der Waals surface area contributed by atoms with Crippen LogP contribution in [0.25, 0.3) is 0 Å². The average molecular weight is 164 g/mol. The number of fused-ring (bicyclic) bond motifs is 1. The van der Waals surface area contributed by atoms with Gasteiger partial charge in [0.25, 0.3) is 0 Å². The predicted molar refractivity (Wildman–Crippen MR) is 48.3 cm³/mol. The van der Waals surface area contributed by atoms with Gasteiger partial charge in [-0.25, -0.2) is 9.97 Å². The highest BCUT2D eigenvalue weighted by Crippen LogP contribution is 2.30. The molecule has 12 heavy (non-hydrogen) atoms. The maximum absolute atomic E-state index is 4.21. The third-order valence-electron chi connectivity index (χ3n) is 2.14. The highest BCUT2D eigenvalue weighted by molar-refractivity contribution is 5.70. The average Bonchev–Trinajstić information content (AvgIpc) is 2.44. The van der Waals surface area contributed by atoms with Crippen molar-refractivity contribution in [3.8, 4) is 0 Å². The van der Waals surface area contributed by atoms with E-state index in [9.17, 15) is 0 Å². The van der Waals surface area contributed by atoms with Gasteiger partial charge >= 0.3 is 0 Å². The first-order valence-corrected chi connectivity index (χ1v) is 4.09. The van der Waals surface area contributed by atoms with Crippen LogP contribution in [0.15, 0.2) is 12.5 Å². The first kappa shape index (κ1) is 7.34. The minimum absolute atomic E-state index is 0.921. The maximum Gasteiger partial charge on any atom is 0.156 e. The van der Waals surface area contributed by atoms with Gasteiger partial charge in [0.15, 0.2) is 5.82 Å². The Morgan fingerprint density at radius 2 is 2.42 bits per heavy atom. The molecule has 4 heteroatoms. The van der Waals surface area contributed by atoms with Crippen molar-refractivity contribution in [2.75, 3.05) is 30.1 Å². The van der Waals surface area contributed by atoms with Crippen LogP contribution in [0.1, 0.15) is 6.92 Å². The Hall–Kier alpha value is -1.32. The topological polar surface area (TPSA) is 32.3 Å². The molecule has 0 saturated carbocycles. The summed E-state index contributed by atoms with van der Waals surface area (Å²) in [4.78, 5) is 12.6. The Bertz CT molecular complexity index is 286. The van der Waals surface area contributed by atoms with E-state index in [1.807, 2.05) is 13.2 Å². The molecule has 64 valence electrons. The second kappa shape index (κ2) is 2.62. The van der Waals surface area contributed by atoms with E-state index >= 15 is 0 Å². The Morgan fingerprint density at radius 1 is 1.58 bits per heavy atom. The molecule has 1 aliphatic rings. The molecule has 2 rings (SSSR count). The monoisotopic (exact) mass is 164 g/mol. The number of anilines is 2. The van der Waals surface area contributed by atoms with Gasteiger partial charge in [0.2, 0.25) is 0 Å². The molecule has 0 amide bonds. The Kier molecular flexibility index (Phi) is 1.60. The van der Waals surface area contributed by atoms with Crippen molar-refractivity contribution < 1.29 is 0 Å². The minimum atomic E-state index is 0.921. The van der Waals surface area contributed by atoms with E-state index in [1.165, 1.54) is 0 Å². The van der Waals surface area contributed by atoms with Crippen LogP contribution in [0.5, 0.6) is 0 Å². The van der Waals surface area contributed by atoms with Gasteiger partial charge in [-0.2, -0.15) is 0 Å². The summed E-state index contributed by atoms with van der Waals surface area (Å²) in [6.45, 7) is 4.06. The fourth-order valence-electron chi connectivity index (χ4n) is 1.50. The van der Waals surface area contributed by atoms with Gasteiger partial charge in [0.1, 0.15) is 12.0 Å². The van der Waals surface area contributed by atoms with Crippen LogP contribution in [-0.4, -0.2) is 30.2 Å². The molecule has 0 bridgehead atoms. The van der Waals surface area contributed by atoms with Crippen LogP contribution in [0, 0.1) is 0 Å². The van der Waals surface area contributed by atoms with E-state index in [0.717, 1.165) is 24.7 Å². The zero-order chi connectivity index (χ0) is 8.55. The van der Waals surface area contributed by atoms with Crippen molar-refractivity contribution in [3.63, 3.8) is 0 Å². The number of nitrogens with zero attached hydrogens (tertiary/aromatic N) is 4. The molecular formula is C8H12N4. The van der Waals surface area contributed by atoms with E-state index < -0.39 is 0 Å². The smallest absolute Gasteiger partial charge is 0.156 e. The van der Waals surface area contributed by atoms with Crippen molar-refractivity contribution in [2.45, 2.75) is 6.92 Å². The first-order valence-electron chi connectivity index (χ1n) is 4.09. The fraction of sp³-hybridized carbons (Fsp3) is 0.500. The van der Waals surface area contributed by atoms with Crippen molar-refractivity contribution in [1.29, 1.82) is 0 Å². The van der Waals surface area contributed by atoms with Crippen LogP contribution >= 0.6 is 0 Å². The molecule has 0 unspecified atom stereocenters. The van der Waals surface area contributed by atoms with Gasteiger partial charge in [0, 0.05) is 13.6 Å². The molecular weight excluding hydrogens is 152 g/mol. The number of rotatable bonds is 1.